The number of hydrogen-bond donors (Lipinski definition) is 4. The molecule has 0 unspecified atom stereocenters. The Bertz CT molecular complexity index is 574. The molecule has 126 valence electrons. The molecule has 2 rings (SSSR count). The number of nitrogens with one attached hydrogen (secondary N) is 4. The molecule has 4 nitrogen and oxygen atoms in total. The minimum Gasteiger partial charge on any atom is -0.358 e. The average Bonchev–Trinajstić information content (AvgIpc) is 2.50. The Kier molecular flexibility index (Phi) is 6.59. The molecule has 23 heavy (non-hydrogen) atoms. The standard InChI is InChI=1S/C17H26N4S2/c1-11-8-9-15(13(3)10-11)19-17(23)21-20-16(22)18-14-7-5-4-6-12(14)2/h8-10,12,14H,4-7H2,1-3H3,(H2,18,20,22)(H2,19,21,23)/t12-,14-/m1/s1. The van der Waals surface area contributed by atoms with E-state index >= 15 is 0 Å². The smallest absolute Gasteiger partial charge is 0.189 e. The molecule has 0 amide bonds. The summed E-state index contributed by atoms with van der Waals surface area (Å²) in [5.74, 6) is 0.656. The van der Waals surface area contributed by atoms with Crippen LogP contribution >= 0.6 is 24.4 Å². The first kappa shape index (κ1) is 17.9. The fourth-order valence-electron chi connectivity index (χ4n) is 2.96. The number of aryl methyl sites for hydroxylation is 2. The van der Waals surface area contributed by atoms with Crippen molar-refractivity contribution in [2.75, 3.05) is 5.32 Å². The van der Waals surface area contributed by atoms with Gasteiger partial charge in [0.1, 0.15) is 0 Å². The Labute approximate surface area is 149 Å². The van der Waals surface area contributed by atoms with Crippen molar-refractivity contribution >= 4 is 40.3 Å². The Balaban J connectivity index is 1.76. The third kappa shape index (κ3) is 5.62. The Hall–Kier alpha value is -1.40. The highest BCUT2D eigenvalue weighted by atomic mass is 32.1. The predicted molar refractivity (Wildman–Crippen MR) is 106 cm³/mol. The number of hydrazine groups is 1. The van der Waals surface area contributed by atoms with E-state index in [1.807, 2.05) is 6.07 Å². The molecule has 1 fully saturated rings. The van der Waals surface area contributed by atoms with Crippen LogP contribution in [0.15, 0.2) is 18.2 Å². The van der Waals surface area contributed by atoms with E-state index in [0.29, 0.717) is 22.2 Å². The minimum absolute atomic E-state index is 0.450. The van der Waals surface area contributed by atoms with Crippen LogP contribution < -0.4 is 21.5 Å². The van der Waals surface area contributed by atoms with Crippen LogP contribution in [0.4, 0.5) is 5.69 Å². The molecule has 1 aromatic rings. The largest absolute Gasteiger partial charge is 0.358 e. The van der Waals surface area contributed by atoms with E-state index in [1.165, 1.54) is 31.2 Å². The van der Waals surface area contributed by atoms with E-state index in [0.717, 1.165) is 11.3 Å². The van der Waals surface area contributed by atoms with Crippen LogP contribution in [0.25, 0.3) is 0 Å². The molecule has 0 radical (unpaired) electrons. The number of anilines is 1. The Morgan fingerprint density at radius 2 is 1.74 bits per heavy atom. The van der Waals surface area contributed by atoms with Gasteiger partial charge in [0, 0.05) is 11.7 Å². The first-order chi connectivity index (χ1) is 11.0. The van der Waals surface area contributed by atoms with Crippen molar-refractivity contribution in [2.24, 2.45) is 5.92 Å². The van der Waals surface area contributed by atoms with Gasteiger partial charge in [0.2, 0.25) is 0 Å². The van der Waals surface area contributed by atoms with E-state index in [1.54, 1.807) is 0 Å². The zero-order valence-corrected chi connectivity index (χ0v) is 15.7. The van der Waals surface area contributed by atoms with Crippen molar-refractivity contribution < 1.29 is 0 Å². The number of thiocarbonyl (C=S) groups is 2. The second-order valence-electron chi connectivity index (χ2n) is 6.36. The molecule has 0 aliphatic heterocycles. The van der Waals surface area contributed by atoms with Crippen LogP contribution in [0.1, 0.15) is 43.7 Å². The van der Waals surface area contributed by atoms with E-state index in [4.69, 9.17) is 24.4 Å². The highest BCUT2D eigenvalue weighted by Gasteiger charge is 2.21. The topological polar surface area (TPSA) is 48.1 Å². The van der Waals surface area contributed by atoms with Crippen molar-refractivity contribution in [1.82, 2.24) is 16.2 Å². The quantitative estimate of drug-likeness (QED) is 0.483. The molecule has 1 aliphatic rings. The lowest BCUT2D eigenvalue weighted by Gasteiger charge is -2.30. The number of benzene rings is 1. The van der Waals surface area contributed by atoms with Crippen LogP contribution in [0, 0.1) is 19.8 Å². The van der Waals surface area contributed by atoms with Gasteiger partial charge in [-0.3, -0.25) is 10.9 Å². The molecular formula is C17H26N4S2. The molecule has 0 aromatic heterocycles. The summed E-state index contributed by atoms with van der Waals surface area (Å²) in [6, 6.07) is 6.65. The maximum Gasteiger partial charge on any atom is 0.189 e. The first-order valence-corrected chi connectivity index (χ1v) is 8.98. The molecular weight excluding hydrogens is 324 g/mol. The van der Waals surface area contributed by atoms with Crippen LogP contribution in [0.3, 0.4) is 0 Å². The van der Waals surface area contributed by atoms with E-state index in [2.05, 4.69) is 54.4 Å². The van der Waals surface area contributed by atoms with Gasteiger partial charge in [-0.05, 0) is 68.7 Å². The third-order valence-corrected chi connectivity index (χ3v) is 4.77. The first-order valence-electron chi connectivity index (χ1n) is 8.16. The second kappa shape index (κ2) is 8.45. The summed E-state index contributed by atoms with van der Waals surface area (Å²) in [5, 5.41) is 7.64. The Morgan fingerprint density at radius 1 is 1.04 bits per heavy atom. The van der Waals surface area contributed by atoms with Gasteiger partial charge in [-0.1, -0.05) is 37.5 Å². The minimum atomic E-state index is 0.450. The molecule has 4 N–H and O–H groups in total. The van der Waals surface area contributed by atoms with Crippen LogP contribution in [-0.4, -0.2) is 16.3 Å². The second-order valence-corrected chi connectivity index (χ2v) is 7.18. The summed E-state index contributed by atoms with van der Waals surface area (Å²) in [7, 11) is 0. The molecule has 1 aromatic carbocycles. The third-order valence-electron chi connectivity index (χ3n) is 4.35. The lowest BCUT2D eigenvalue weighted by molar-refractivity contribution is 0.308. The van der Waals surface area contributed by atoms with E-state index < -0.39 is 0 Å². The van der Waals surface area contributed by atoms with Crippen molar-refractivity contribution in [2.45, 2.75) is 52.5 Å². The maximum absolute atomic E-state index is 5.34. The van der Waals surface area contributed by atoms with Gasteiger partial charge in [-0.15, -0.1) is 0 Å². The highest BCUT2D eigenvalue weighted by molar-refractivity contribution is 7.80. The maximum atomic E-state index is 5.34. The molecule has 2 atom stereocenters. The highest BCUT2D eigenvalue weighted by Crippen LogP contribution is 2.23. The number of rotatable bonds is 2. The van der Waals surface area contributed by atoms with Crippen molar-refractivity contribution in [3.63, 3.8) is 0 Å². The van der Waals surface area contributed by atoms with Gasteiger partial charge in [0.05, 0.1) is 0 Å². The summed E-state index contributed by atoms with van der Waals surface area (Å²) in [4.78, 5) is 0. The van der Waals surface area contributed by atoms with E-state index in [-0.39, 0.29) is 0 Å². The van der Waals surface area contributed by atoms with Crippen LogP contribution in [0.5, 0.6) is 0 Å². The normalized spacial score (nSPS) is 20.5. The molecule has 1 saturated carbocycles. The fraction of sp³-hybridized carbons (Fsp3) is 0.529. The van der Waals surface area contributed by atoms with Gasteiger partial charge >= 0.3 is 0 Å². The van der Waals surface area contributed by atoms with Crippen LogP contribution in [0.2, 0.25) is 0 Å². The summed E-state index contributed by atoms with van der Waals surface area (Å²) in [6.45, 7) is 6.41. The summed E-state index contributed by atoms with van der Waals surface area (Å²) in [5.41, 5.74) is 9.30. The molecule has 0 spiro atoms. The zero-order chi connectivity index (χ0) is 16.8. The molecule has 0 saturated heterocycles. The molecule has 0 bridgehead atoms. The van der Waals surface area contributed by atoms with Crippen LogP contribution in [-0.2, 0) is 0 Å². The molecule has 0 heterocycles. The summed E-state index contributed by atoms with van der Waals surface area (Å²) >= 11 is 10.6. The average molecular weight is 351 g/mol. The van der Waals surface area contributed by atoms with Crippen molar-refractivity contribution in [1.29, 1.82) is 0 Å². The van der Waals surface area contributed by atoms with Gasteiger partial charge in [0.15, 0.2) is 10.2 Å². The van der Waals surface area contributed by atoms with Gasteiger partial charge < -0.3 is 10.6 Å². The molecule has 1 aliphatic carbocycles. The summed E-state index contributed by atoms with van der Waals surface area (Å²) < 4.78 is 0. The van der Waals surface area contributed by atoms with Crippen molar-refractivity contribution in [3.8, 4) is 0 Å². The summed E-state index contributed by atoms with van der Waals surface area (Å²) in [6.07, 6.45) is 5.03. The number of hydrogen-bond acceptors (Lipinski definition) is 2. The monoisotopic (exact) mass is 350 g/mol. The van der Waals surface area contributed by atoms with Gasteiger partial charge in [-0.2, -0.15) is 0 Å². The zero-order valence-electron chi connectivity index (χ0n) is 14.0. The molecule has 6 heteroatoms. The van der Waals surface area contributed by atoms with E-state index in [9.17, 15) is 0 Å². The van der Waals surface area contributed by atoms with Gasteiger partial charge in [0.25, 0.3) is 0 Å². The SMILES string of the molecule is Cc1ccc(NC(=S)NNC(=S)N[C@@H]2CCCC[C@H]2C)c(C)c1. The van der Waals surface area contributed by atoms with Crippen molar-refractivity contribution in [3.05, 3.63) is 29.3 Å². The fourth-order valence-corrected chi connectivity index (χ4v) is 3.32. The lowest BCUT2D eigenvalue weighted by Crippen LogP contribution is -2.52. The van der Waals surface area contributed by atoms with Gasteiger partial charge in [-0.25, -0.2) is 0 Å². The predicted octanol–water partition coefficient (Wildman–Crippen LogP) is 3.55. The lowest BCUT2D eigenvalue weighted by atomic mass is 9.86. The Morgan fingerprint density at radius 3 is 2.43 bits per heavy atom.